The maximum Gasteiger partial charge on any atom is 0.257 e. The Morgan fingerprint density at radius 1 is 1.45 bits per heavy atom. The van der Waals surface area contributed by atoms with Gasteiger partial charge in [0.1, 0.15) is 11.6 Å². The van der Waals surface area contributed by atoms with Crippen molar-refractivity contribution in [3.8, 4) is 5.88 Å². The van der Waals surface area contributed by atoms with Crippen LogP contribution in [0.3, 0.4) is 0 Å². The number of aromatic nitrogens is 3. The molecular formula is C12H14N4O3S. The topological polar surface area (TPSA) is 86.2 Å². The van der Waals surface area contributed by atoms with E-state index in [0.717, 1.165) is 5.01 Å². The number of methoxy groups -OCH3 is 1. The molecule has 0 spiro atoms. The molecule has 2 rings (SSSR count). The molecule has 0 aromatic carbocycles. The first-order valence-corrected chi connectivity index (χ1v) is 6.76. The first kappa shape index (κ1) is 14.4. The summed E-state index contributed by atoms with van der Waals surface area (Å²) in [5.41, 5.74) is 0.443. The van der Waals surface area contributed by atoms with Gasteiger partial charge in [0.25, 0.3) is 5.91 Å². The third-order valence-electron chi connectivity index (χ3n) is 2.32. The summed E-state index contributed by atoms with van der Waals surface area (Å²) < 4.78 is 10.2. The number of hydrogen-bond donors (Lipinski definition) is 1. The van der Waals surface area contributed by atoms with Crippen molar-refractivity contribution in [1.82, 2.24) is 15.2 Å². The Morgan fingerprint density at radius 3 is 3.05 bits per heavy atom. The van der Waals surface area contributed by atoms with Crippen LogP contribution >= 0.6 is 11.3 Å². The number of amides is 1. The summed E-state index contributed by atoms with van der Waals surface area (Å²) in [4.78, 5) is 16.0. The maximum absolute atomic E-state index is 12.0. The molecule has 2 aromatic heterocycles. The van der Waals surface area contributed by atoms with E-state index in [4.69, 9.17) is 9.47 Å². The minimum atomic E-state index is -0.287. The molecule has 106 valence electrons. The van der Waals surface area contributed by atoms with E-state index in [0.29, 0.717) is 29.8 Å². The van der Waals surface area contributed by atoms with Gasteiger partial charge in [-0.2, -0.15) is 0 Å². The highest BCUT2D eigenvalue weighted by Crippen LogP contribution is 2.17. The number of carbonyl (C=O) groups is 1. The van der Waals surface area contributed by atoms with Crippen LogP contribution in [0.2, 0.25) is 0 Å². The lowest BCUT2D eigenvalue weighted by molar-refractivity contribution is 0.102. The average Bonchev–Trinajstić information content (AvgIpc) is 2.92. The van der Waals surface area contributed by atoms with Crippen LogP contribution in [0, 0.1) is 0 Å². The van der Waals surface area contributed by atoms with E-state index in [1.54, 1.807) is 12.1 Å². The third kappa shape index (κ3) is 3.72. The fourth-order valence-corrected chi connectivity index (χ4v) is 2.06. The number of nitrogens with zero attached hydrogens (tertiary/aromatic N) is 3. The summed E-state index contributed by atoms with van der Waals surface area (Å²) in [7, 11) is 1.49. The van der Waals surface area contributed by atoms with Crippen molar-refractivity contribution in [3.63, 3.8) is 0 Å². The molecular weight excluding hydrogens is 280 g/mol. The molecule has 0 aliphatic rings. The molecule has 0 aliphatic carbocycles. The van der Waals surface area contributed by atoms with Crippen molar-refractivity contribution < 1.29 is 14.3 Å². The highest BCUT2D eigenvalue weighted by Gasteiger charge is 2.11. The highest BCUT2D eigenvalue weighted by molar-refractivity contribution is 7.15. The lowest BCUT2D eigenvalue weighted by atomic mass is 10.2. The molecule has 0 saturated carbocycles. The first-order chi connectivity index (χ1) is 9.72. The number of anilines is 1. The molecule has 8 heteroatoms. The zero-order valence-corrected chi connectivity index (χ0v) is 11.9. The molecule has 0 fully saturated rings. The molecule has 1 amide bonds. The number of hydrogen-bond acceptors (Lipinski definition) is 7. The monoisotopic (exact) mass is 294 g/mol. The van der Waals surface area contributed by atoms with Crippen LogP contribution < -0.4 is 10.1 Å². The first-order valence-electron chi connectivity index (χ1n) is 5.94. The predicted octanol–water partition coefficient (Wildman–Crippen LogP) is 1.73. The van der Waals surface area contributed by atoms with Crippen LogP contribution in [-0.4, -0.2) is 34.8 Å². The lowest BCUT2D eigenvalue weighted by Crippen LogP contribution is -2.12. The van der Waals surface area contributed by atoms with Crippen molar-refractivity contribution in [3.05, 3.63) is 28.9 Å². The van der Waals surface area contributed by atoms with E-state index in [1.165, 1.54) is 24.6 Å². The Hall–Kier alpha value is -2.06. The van der Waals surface area contributed by atoms with Crippen LogP contribution in [0.5, 0.6) is 5.88 Å². The van der Waals surface area contributed by atoms with Crippen LogP contribution in [0.1, 0.15) is 22.3 Å². The van der Waals surface area contributed by atoms with E-state index in [9.17, 15) is 4.79 Å². The van der Waals surface area contributed by atoms with Gasteiger partial charge >= 0.3 is 0 Å². The minimum Gasteiger partial charge on any atom is -0.481 e. The lowest BCUT2D eigenvalue weighted by Gasteiger charge is -2.02. The Morgan fingerprint density at radius 2 is 2.30 bits per heavy atom. The van der Waals surface area contributed by atoms with E-state index in [2.05, 4.69) is 20.5 Å². The molecule has 0 aliphatic heterocycles. The average molecular weight is 294 g/mol. The Balaban J connectivity index is 2.01. The van der Waals surface area contributed by atoms with Crippen molar-refractivity contribution in [2.75, 3.05) is 19.0 Å². The van der Waals surface area contributed by atoms with E-state index >= 15 is 0 Å². The van der Waals surface area contributed by atoms with Gasteiger partial charge in [-0.15, -0.1) is 10.2 Å². The minimum absolute atomic E-state index is 0.287. The molecule has 2 aromatic rings. The van der Waals surface area contributed by atoms with Gasteiger partial charge in [-0.1, -0.05) is 11.3 Å². The summed E-state index contributed by atoms with van der Waals surface area (Å²) in [6.07, 6.45) is 1.51. The van der Waals surface area contributed by atoms with Crippen LogP contribution in [-0.2, 0) is 11.3 Å². The molecule has 1 N–H and O–H groups in total. The van der Waals surface area contributed by atoms with Gasteiger partial charge in [-0.3, -0.25) is 10.1 Å². The molecule has 20 heavy (non-hydrogen) atoms. The SMILES string of the molecule is CCOCc1nnc(NC(=O)c2ccnc(OC)c2)s1. The summed E-state index contributed by atoms with van der Waals surface area (Å²) in [5, 5.41) is 11.6. The Labute approximate surface area is 120 Å². The molecule has 7 nitrogen and oxygen atoms in total. The molecule has 0 bridgehead atoms. The molecule has 0 saturated heterocycles. The molecule has 0 radical (unpaired) electrons. The van der Waals surface area contributed by atoms with Gasteiger partial charge in [-0.05, 0) is 13.0 Å². The van der Waals surface area contributed by atoms with Gasteiger partial charge in [0.2, 0.25) is 11.0 Å². The predicted molar refractivity (Wildman–Crippen MR) is 74.0 cm³/mol. The largest absolute Gasteiger partial charge is 0.481 e. The van der Waals surface area contributed by atoms with Crippen LogP contribution in [0.4, 0.5) is 5.13 Å². The van der Waals surface area contributed by atoms with E-state index in [1.807, 2.05) is 6.92 Å². The quantitative estimate of drug-likeness (QED) is 0.873. The Bertz CT molecular complexity index is 588. The van der Waals surface area contributed by atoms with Crippen LogP contribution in [0.15, 0.2) is 18.3 Å². The van der Waals surface area contributed by atoms with Crippen LogP contribution in [0.25, 0.3) is 0 Å². The van der Waals surface area contributed by atoms with Gasteiger partial charge in [0.05, 0.1) is 7.11 Å². The van der Waals surface area contributed by atoms with Gasteiger partial charge in [-0.25, -0.2) is 4.98 Å². The Kier molecular flexibility index (Phi) is 4.97. The number of pyridine rings is 1. The second-order valence-corrected chi connectivity index (χ2v) is 4.74. The van der Waals surface area contributed by atoms with Crippen molar-refractivity contribution >= 4 is 22.4 Å². The summed E-state index contributed by atoms with van der Waals surface area (Å²) in [6, 6.07) is 3.15. The number of ether oxygens (including phenoxy) is 2. The molecule has 0 unspecified atom stereocenters. The summed E-state index contributed by atoms with van der Waals surface area (Å²) in [5.74, 6) is 0.0942. The van der Waals surface area contributed by atoms with Gasteiger partial charge < -0.3 is 9.47 Å². The zero-order valence-electron chi connectivity index (χ0n) is 11.1. The second kappa shape index (κ2) is 6.92. The normalized spacial score (nSPS) is 10.3. The van der Waals surface area contributed by atoms with Gasteiger partial charge in [0, 0.05) is 24.4 Å². The number of carbonyl (C=O) groups excluding carboxylic acids is 1. The van der Waals surface area contributed by atoms with Crippen molar-refractivity contribution in [2.24, 2.45) is 0 Å². The third-order valence-corrected chi connectivity index (χ3v) is 3.14. The van der Waals surface area contributed by atoms with Crippen molar-refractivity contribution in [1.29, 1.82) is 0 Å². The van der Waals surface area contributed by atoms with Crippen molar-refractivity contribution in [2.45, 2.75) is 13.5 Å². The fourth-order valence-electron chi connectivity index (χ4n) is 1.38. The second-order valence-electron chi connectivity index (χ2n) is 3.68. The van der Waals surface area contributed by atoms with E-state index < -0.39 is 0 Å². The summed E-state index contributed by atoms with van der Waals surface area (Å²) in [6.45, 7) is 2.91. The standard InChI is InChI=1S/C12H14N4O3S/c1-3-19-7-10-15-16-12(20-10)14-11(17)8-4-5-13-9(6-8)18-2/h4-6H,3,7H2,1-2H3,(H,14,16,17). The number of rotatable bonds is 6. The smallest absolute Gasteiger partial charge is 0.257 e. The van der Waals surface area contributed by atoms with Gasteiger partial charge in [0.15, 0.2) is 0 Å². The fraction of sp³-hybridized carbons (Fsp3) is 0.333. The summed E-state index contributed by atoms with van der Waals surface area (Å²) >= 11 is 1.28. The molecule has 0 atom stereocenters. The molecule has 2 heterocycles. The van der Waals surface area contributed by atoms with E-state index in [-0.39, 0.29) is 5.91 Å². The highest BCUT2D eigenvalue weighted by atomic mass is 32.1. The maximum atomic E-state index is 12.0. The zero-order chi connectivity index (χ0) is 14.4. The number of nitrogens with one attached hydrogen (secondary N) is 1.